The van der Waals surface area contributed by atoms with Crippen molar-refractivity contribution in [2.45, 2.75) is 16.8 Å². The van der Waals surface area contributed by atoms with Crippen LogP contribution in [0.25, 0.3) is 10.2 Å². The van der Waals surface area contributed by atoms with E-state index < -0.39 is 6.04 Å². The van der Waals surface area contributed by atoms with Gasteiger partial charge in [0.05, 0.1) is 10.2 Å². The van der Waals surface area contributed by atoms with Crippen molar-refractivity contribution in [1.82, 2.24) is 10.3 Å². The normalized spacial score (nSPS) is 11.9. The van der Waals surface area contributed by atoms with Crippen molar-refractivity contribution in [2.75, 3.05) is 23.6 Å². The number of hydrogen-bond donors (Lipinski definition) is 2. The molecule has 1 heterocycles. The molecule has 3 aromatic rings. The Labute approximate surface area is 176 Å². The number of nitrogens with one attached hydrogen (secondary N) is 2. The predicted octanol–water partition coefficient (Wildman–Crippen LogP) is 4.51. The summed E-state index contributed by atoms with van der Waals surface area (Å²) in [4.78, 5) is 29.8. The Morgan fingerprint density at radius 1 is 1.14 bits per heavy atom. The molecule has 5 nitrogen and oxygen atoms in total. The molecule has 0 fully saturated rings. The van der Waals surface area contributed by atoms with E-state index in [2.05, 4.69) is 15.6 Å². The summed E-state index contributed by atoms with van der Waals surface area (Å²) >= 11 is 4.84. The second-order valence-corrected chi connectivity index (χ2v) is 9.10. The van der Waals surface area contributed by atoms with Crippen molar-refractivity contribution < 1.29 is 9.59 Å². The Bertz CT molecular complexity index is 960. The van der Waals surface area contributed by atoms with Crippen LogP contribution in [0.1, 0.15) is 16.8 Å². The highest BCUT2D eigenvalue weighted by atomic mass is 32.2. The number of carbonyl (C=O) groups excluding carboxylic acids is 2. The first-order valence-corrected chi connectivity index (χ1v) is 12.1. The molecule has 0 bridgehead atoms. The second-order valence-electron chi connectivity index (χ2n) is 6.03. The van der Waals surface area contributed by atoms with Crippen LogP contribution in [0.15, 0.2) is 52.9 Å². The molecule has 0 aliphatic rings. The molecule has 3 rings (SSSR count). The number of thiazole rings is 1. The number of nitrogens with zero attached hydrogens (tertiary/aromatic N) is 1. The van der Waals surface area contributed by atoms with Gasteiger partial charge in [0.1, 0.15) is 6.04 Å². The maximum absolute atomic E-state index is 12.8. The summed E-state index contributed by atoms with van der Waals surface area (Å²) < 4.78 is 2.02. The fraction of sp³-hybridized carbons (Fsp3) is 0.250. The molecule has 2 aromatic carbocycles. The van der Waals surface area contributed by atoms with Crippen LogP contribution >= 0.6 is 34.9 Å². The molecule has 1 atom stereocenters. The SMILES string of the molecule is CSCC[C@@H](NC(=O)c1ccccc1)C(=O)Nc1ccc2nc(SC)sc2c1. The Balaban J connectivity index is 1.72. The van der Waals surface area contributed by atoms with Crippen LogP contribution in [0.3, 0.4) is 0 Å². The lowest BCUT2D eigenvalue weighted by atomic mass is 10.1. The summed E-state index contributed by atoms with van der Waals surface area (Å²) in [5.74, 6) is 0.314. The lowest BCUT2D eigenvalue weighted by molar-refractivity contribution is -0.118. The van der Waals surface area contributed by atoms with Crippen molar-refractivity contribution in [3.8, 4) is 0 Å². The Morgan fingerprint density at radius 2 is 1.93 bits per heavy atom. The standard InChI is InChI=1S/C20H21N3O2S3/c1-26-11-10-16(22-18(24)13-6-4-3-5-7-13)19(25)21-14-8-9-15-17(12-14)28-20(23-15)27-2/h3-9,12,16H,10-11H2,1-2H3,(H,21,25)(H,22,24)/t16-/m1/s1. The van der Waals surface area contributed by atoms with Gasteiger partial charge in [-0.3, -0.25) is 9.59 Å². The molecule has 146 valence electrons. The number of rotatable bonds is 8. The number of benzene rings is 2. The Hall–Kier alpha value is -2.03. The van der Waals surface area contributed by atoms with Gasteiger partial charge in [-0.05, 0) is 55.0 Å². The fourth-order valence-electron chi connectivity index (χ4n) is 2.63. The predicted molar refractivity (Wildman–Crippen MR) is 121 cm³/mol. The number of anilines is 1. The van der Waals surface area contributed by atoms with E-state index in [1.54, 1.807) is 59.1 Å². The van der Waals surface area contributed by atoms with Crippen LogP contribution in [0.5, 0.6) is 0 Å². The highest BCUT2D eigenvalue weighted by Gasteiger charge is 2.21. The molecule has 0 unspecified atom stereocenters. The van der Waals surface area contributed by atoms with Crippen LogP contribution in [-0.4, -0.2) is 41.1 Å². The van der Waals surface area contributed by atoms with E-state index in [-0.39, 0.29) is 11.8 Å². The minimum atomic E-state index is -0.598. The monoisotopic (exact) mass is 431 g/mol. The zero-order chi connectivity index (χ0) is 19.9. The van der Waals surface area contributed by atoms with Gasteiger partial charge in [-0.15, -0.1) is 11.3 Å². The van der Waals surface area contributed by atoms with Gasteiger partial charge in [0, 0.05) is 11.3 Å². The molecule has 2 N–H and O–H groups in total. The lowest BCUT2D eigenvalue weighted by Crippen LogP contribution is -2.44. The molecular weight excluding hydrogens is 410 g/mol. The quantitative estimate of drug-likeness (QED) is 0.514. The van der Waals surface area contributed by atoms with E-state index >= 15 is 0 Å². The molecule has 0 aliphatic carbocycles. The van der Waals surface area contributed by atoms with Crippen molar-refractivity contribution in [3.63, 3.8) is 0 Å². The summed E-state index contributed by atoms with van der Waals surface area (Å²) in [7, 11) is 0. The minimum Gasteiger partial charge on any atom is -0.340 e. The third-order valence-corrected chi connectivity index (χ3v) is 6.73. The maximum Gasteiger partial charge on any atom is 0.251 e. The third-order valence-electron chi connectivity index (χ3n) is 4.08. The topological polar surface area (TPSA) is 71.1 Å². The lowest BCUT2D eigenvalue weighted by Gasteiger charge is -2.18. The summed E-state index contributed by atoms with van der Waals surface area (Å²) in [6.45, 7) is 0. The summed E-state index contributed by atoms with van der Waals surface area (Å²) in [5.41, 5.74) is 2.17. The zero-order valence-electron chi connectivity index (χ0n) is 15.6. The highest BCUT2D eigenvalue weighted by molar-refractivity contribution is 8.00. The second kappa shape index (κ2) is 9.95. The van der Waals surface area contributed by atoms with E-state index in [0.717, 1.165) is 20.3 Å². The summed E-state index contributed by atoms with van der Waals surface area (Å²) in [5, 5.41) is 5.80. The van der Waals surface area contributed by atoms with Gasteiger partial charge in [-0.2, -0.15) is 11.8 Å². The number of fused-ring (bicyclic) bond motifs is 1. The van der Waals surface area contributed by atoms with Gasteiger partial charge in [-0.25, -0.2) is 4.98 Å². The average Bonchev–Trinajstić information content (AvgIpc) is 3.14. The van der Waals surface area contributed by atoms with Crippen LogP contribution in [-0.2, 0) is 4.79 Å². The van der Waals surface area contributed by atoms with E-state index in [0.29, 0.717) is 17.7 Å². The summed E-state index contributed by atoms with van der Waals surface area (Å²) in [6, 6.07) is 14.0. The van der Waals surface area contributed by atoms with E-state index in [4.69, 9.17) is 0 Å². The number of hydrogen-bond acceptors (Lipinski definition) is 6. The molecule has 0 spiro atoms. The van der Waals surface area contributed by atoms with Crippen LogP contribution in [0.4, 0.5) is 5.69 Å². The molecular formula is C20H21N3O2S3. The number of amides is 2. The first-order chi connectivity index (χ1) is 13.6. The first-order valence-electron chi connectivity index (χ1n) is 8.71. The van der Waals surface area contributed by atoms with Crippen molar-refractivity contribution in [3.05, 3.63) is 54.1 Å². The van der Waals surface area contributed by atoms with E-state index in [1.165, 1.54) is 0 Å². The highest BCUT2D eigenvalue weighted by Crippen LogP contribution is 2.30. The zero-order valence-corrected chi connectivity index (χ0v) is 18.0. The van der Waals surface area contributed by atoms with Crippen molar-refractivity contribution in [2.24, 2.45) is 0 Å². The molecule has 1 aromatic heterocycles. The molecule has 8 heteroatoms. The van der Waals surface area contributed by atoms with Gasteiger partial charge in [-0.1, -0.05) is 30.0 Å². The van der Waals surface area contributed by atoms with E-state index in [1.807, 2.05) is 36.8 Å². The van der Waals surface area contributed by atoms with Crippen molar-refractivity contribution >= 4 is 62.6 Å². The number of carbonyl (C=O) groups is 2. The van der Waals surface area contributed by atoms with Crippen molar-refractivity contribution in [1.29, 1.82) is 0 Å². The molecule has 0 saturated heterocycles. The van der Waals surface area contributed by atoms with Gasteiger partial charge >= 0.3 is 0 Å². The third kappa shape index (κ3) is 5.27. The first kappa shape index (κ1) is 20.7. The van der Waals surface area contributed by atoms with Gasteiger partial charge in [0.2, 0.25) is 5.91 Å². The molecule has 0 radical (unpaired) electrons. The van der Waals surface area contributed by atoms with Gasteiger partial charge in [0.25, 0.3) is 5.91 Å². The van der Waals surface area contributed by atoms with E-state index in [9.17, 15) is 9.59 Å². The van der Waals surface area contributed by atoms with Crippen LogP contribution < -0.4 is 10.6 Å². The van der Waals surface area contributed by atoms with Gasteiger partial charge in [0.15, 0.2) is 4.34 Å². The molecule has 0 saturated carbocycles. The largest absolute Gasteiger partial charge is 0.340 e. The van der Waals surface area contributed by atoms with Gasteiger partial charge < -0.3 is 10.6 Å². The Morgan fingerprint density at radius 3 is 2.64 bits per heavy atom. The Kier molecular flexibility index (Phi) is 7.36. The molecule has 2 amide bonds. The molecule has 0 aliphatic heterocycles. The fourth-order valence-corrected chi connectivity index (χ4v) is 4.63. The summed E-state index contributed by atoms with van der Waals surface area (Å²) in [6.07, 6.45) is 4.53. The number of thioether (sulfide) groups is 2. The van der Waals surface area contributed by atoms with Crippen LogP contribution in [0.2, 0.25) is 0 Å². The average molecular weight is 432 g/mol. The molecule has 28 heavy (non-hydrogen) atoms. The smallest absolute Gasteiger partial charge is 0.251 e. The minimum absolute atomic E-state index is 0.215. The van der Waals surface area contributed by atoms with Crippen LogP contribution in [0, 0.1) is 0 Å². The number of aromatic nitrogens is 1. The maximum atomic E-state index is 12.8.